The highest BCUT2D eigenvalue weighted by Crippen LogP contribution is 2.30. The largest absolute Gasteiger partial charge is 0.481 e. The number of rotatable bonds is 10. The second-order valence-corrected chi connectivity index (χ2v) is 12.0. The second kappa shape index (κ2) is 14.0. The minimum Gasteiger partial charge on any atom is -0.481 e. The zero-order valence-corrected chi connectivity index (χ0v) is 24.9. The number of hydrogen-bond acceptors (Lipinski definition) is 6. The minimum atomic E-state index is -1.05. The molecule has 1 unspecified atom stereocenters. The standard InChI is InChI=1S/C33H39N5O5/c1-33(2,3)21-29(39)35-27-19-24(32(43)36-26(20-31(41)42)25-10-7-13-34-22-25)11-12-28(27)37-14-16-38(17-15-37)30(40)18-23-8-5-4-6-9-23/h4-13,19,22,26H,14-18,20-21H2,1-3H3,(H,35,39)(H,36,43)(H,41,42). The van der Waals surface area contributed by atoms with Crippen LogP contribution in [0.2, 0.25) is 0 Å². The smallest absolute Gasteiger partial charge is 0.305 e. The number of piperazine rings is 1. The summed E-state index contributed by atoms with van der Waals surface area (Å²) in [6, 6.07) is 17.4. The van der Waals surface area contributed by atoms with Crippen molar-refractivity contribution in [2.45, 2.75) is 46.1 Å². The zero-order chi connectivity index (χ0) is 31.0. The second-order valence-electron chi connectivity index (χ2n) is 12.0. The van der Waals surface area contributed by atoms with E-state index < -0.39 is 17.9 Å². The Balaban J connectivity index is 1.52. The topological polar surface area (TPSA) is 132 Å². The van der Waals surface area contributed by atoms with Crippen LogP contribution in [0.5, 0.6) is 0 Å². The van der Waals surface area contributed by atoms with E-state index >= 15 is 0 Å². The zero-order valence-electron chi connectivity index (χ0n) is 24.9. The monoisotopic (exact) mass is 585 g/mol. The molecule has 1 atom stereocenters. The van der Waals surface area contributed by atoms with E-state index in [-0.39, 0.29) is 35.6 Å². The lowest BCUT2D eigenvalue weighted by Gasteiger charge is -2.37. The van der Waals surface area contributed by atoms with E-state index in [1.54, 1.807) is 36.5 Å². The Morgan fingerprint density at radius 2 is 1.67 bits per heavy atom. The quantitative estimate of drug-likeness (QED) is 0.323. The van der Waals surface area contributed by atoms with Gasteiger partial charge in [0.05, 0.1) is 30.3 Å². The molecule has 0 bridgehead atoms. The lowest BCUT2D eigenvalue weighted by molar-refractivity contribution is -0.137. The maximum absolute atomic E-state index is 13.3. The van der Waals surface area contributed by atoms with Crippen LogP contribution >= 0.6 is 0 Å². The number of aliphatic carboxylic acids is 1. The molecule has 1 aliphatic rings. The molecule has 43 heavy (non-hydrogen) atoms. The number of benzene rings is 2. The van der Waals surface area contributed by atoms with Crippen molar-refractivity contribution in [1.29, 1.82) is 0 Å². The van der Waals surface area contributed by atoms with Gasteiger partial charge in [0.15, 0.2) is 0 Å². The summed E-state index contributed by atoms with van der Waals surface area (Å²) in [5, 5.41) is 15.2. The number of nitrogens with one attached hydrogen (secondary N) is 2. The molecule has 0 aliphatic carbocycles. The number of carbonyl (C=O) groups excluding carboxylic acids is 3. The minimum absolute atomic E-state index is 0.0705. The van der Waals surface area contributed by atoms with Gasteiger partial charge in [-0.1, -0.05) is 57.2 Å². The van der Waals surface area contributed by atoms with Crippen molar-refractivity contribution in [3.8, 4) is 0 Å². The molecule has 0 radical (unpaired) electrons. The van der Waals surface area contributed by atoms with Crippen LogP contribution in [0, 0.1) is 5.41 Å². The third-order valence-electron chi connectivity index (χ3n) is 7.17. The first-order valence-corrected chi connectivity index (χ1v) is 14.4. The fourth-order valence-corrected chi connectivity index (χ4v) is 5.06. The van der Waals surface area contributed by atoms with Crippen molar-refractivity contribution >= 4 is 35.1 Å². The van der Waals surface area contributed by atoms with Crippen LogP contribution in [0.4, 0.5) is 11.4 Å². The van der Waals surface area contributed by atoms with Crippen LogP contribution in [-0.2, 0) is 20.8 Å². The molecule has 2 heterocycles. The van der Waals surface area contributed by atoms with Gasteiger partial charge in [0, 0.05) is 50.6 Å². The number of aromatic nitrogens is 1. The number of nitrogens with zero attached hydrogens (tertiary/aromatic N) is 3. The van der Waals surface area contributed by atoms with Gasteiger partial charge in [-0.2, -0.15) is 0 Å². The Hall–Kier alpha value is -4.73. The normalized spacial score (nSPS) is 14.1. The van der Waals surface area contributed by atoms with Gasteiger partial charge >= 0.3 is 5.97 Å². The van der Waals surface area contributed by atoms with Gasteiger partial charge in [-0.3, -0.25) is 24.2 Å². The van der Waals surface area contributed by atoms with Gasteiger partial charge in [0.2, 0.25) is 11.8 Å². The average molecular weight is 586 g/mol. The van der Waals surface area contributed by atoms with Gasteiger partial charge in [0.25, 0.3) is 5.91 Å². The Kier molecular flexibility index (Phi) is 10.1. The number of carbonyl (C=O) groups is 4. The molecular formula is C33H39N5O5. The number of hydrogen-bond donors (Lipinski definition) is 3. The van der Waals surface area contributed by atoms with Crippen LogP contribution < -0.4 is 15.5 Å². The van der Waals surface area contributed by atoms with Crippen LogP contribution in [0.1, 0.15) is 61.1 Å². The van der Waals surface area contributed by atoms with Crippen LogP contribution in [-0.4, -0.2) is 64.9 Å². The van der Waals surface area contributed by atoms with E-state index in [2.05, 4.69) is 20.5 Å². The third kappa shape index (κ3) is 9.13. The van der Waals surface area contributed by atoms with Crippen molar-refractivity contribution in [1.82, 2.24) is 15.2 Å². The first-order valence-electron chi connectivity index (χ1n) is 14.4. The van der Waals surface area contributed by atoms with E-state index in [0.717, 1.165) is 11.3 Å². The summed E-state index contributed by atoms with van der Waals surface area (Å²) in [5.74, 6) is -1.63. The fourth-order valence-electron chi connectivity index (χ4n) is 5.06. The van der Waals surface area contributed by atoms with Crippen molar-refractivity contribution in [3.63, 3.8) is 0 Å². The van der Waals surface area contributed by atoms with Crippen LogP contribution in [0.25, 0.3) is 0 Å². The van der Waals surface area contributed by atoms with E-state index in [1.807, 2.05) is 56.0 Å². The first-order chi connectivity index (χ1) is 20.5. The van der Waals surface area contributed by atoms with Crippen molar-refractivity contribution < 1.29 is 24.3 Å². The third-order valence-corrected chi connectivity index (χ3v) is 7.17. The molecule has 2 aromatic carbocycles. The number of carboxylic acid groups (broad SMARTS) is 1. The maximum atomic E-state index is 13.3. The molecule has 1 fully saturated rings. The van der Waals surface area contributed by atoms with Crippen molar-refractivity contribution in [2.75, 3.05) is 36.4 Å². The summed E-state index contributed by atoms with van der Waals surface area (Å²) in [5.41, 5.74) is 2.84. The number of carboxylic acids is 1. The molecule has 10 heteroatoms. The van der Waals surface area contributed by atoms with E-state index in [0.29, 0.717) is 43.9 Å². The summed E-state index contributed by atoms with van der Waals surface area (Å²) in [6.07, 6.45) is 3.43. The predicted octanol–water partition coefficient (Wildman–Crippen LogP) is 4.29. The molecule has 0 spiro atoms. The Morgan fingerprint density at radius 3 is 2.30 bits per heavy atom. The molecule has 10 nitrogen and oxygen atoms in total. The molecule has 4 rings (SSSR count). The van der Waals surface area contributed by atoms with Gasteiger partial charge in [-0.15, -0.1) is 0 Å². The fraction of sp³-hybridized carbons (Fsp3) is 0.364. The molecule has 3 amide bonds. The summed E-state index contributed by atoms with van der Waals surface area (Å²) in [4.78, 5) is 58.7. The molecule has 1 aliphatic heterocycles. The van der Waals surface area contributed by atoms with Crippen molar-refractivity contribution in [3.05, 3.63) is 89.7 Å². The number of amides is 3. The lowest BCUT2D eigenvalue weighted by Crippen LogP contribution is -2.49. The molecule has 0 saturated carbocycles. The highest BCUT2D eigenvalue weighted by atomic mass is 16.4. The van der Waals surface area contributed by atoms with E-state index in [9.17, 15) is 24.3 Å². The van der Waals surface area contributed by atoms with E-state index in [4.69, 9.17) is 0 Å². The SMILES string of the molecule is CC(C)(C)CC(=O)Nc1cc(C(=O)NC(CC(=O)O)c2cccnc2)ccc1N1CCN(C(=O)Cc2ccccc2)CC1. The van der Waals surface area contributed by atoms with Gasteiger partial charge in [-0.25, -0.2) is 0 Å². The van der Waals surface area contributed by atoms with E-state index in [1.165, 1.54) is 6.20 Å². The molecule has 3 N–H and O–H groups in total. The van der Waals surface area contributed by atoms with Gasteiger partial charge < -0.3 is 25.5 Å². The van der Waals surface area contributed by atoms with Gasteiger partial charge in [-0.05, 0) is 40.8 Å². The summed E-state index contributed by atoms with van der Waals surface area (Å²) >= 11 is 0. The number of pyridine rings is 1. The maximum Gasteiger partial charge on any atom is 0.305 e. The Labute approximate surface area is 252 Å². The highest BCUT2D eigenvalue weighted by Gasteiger charge is 2.26. The highest BCUT2D eigenvalue weighted by molar-refractivity contribution is 6.00. The van der Waals surface area contributed by atoms with Gasteiger partial charge in [0.1, 0.15) is 0 Å². The van der Waals surface area contributed by atoms with Crippen molar-refractivity contribution in [2.24, 2.45) is 5.41 Å². The lowest BCUT2D eigenvalue weighted by atomic mass is 9.92. The Morgan fingerprint density at radius 1 is 0.953 bits per heavy atom. The molecule has 226 valence electrons. The summed E-state index contributed by atoms with van der Waals surface area (Å²) < 4.78 is 0. The molecular weight excluding hydrogens is 546 g/mol. The average Bonchev–Trinajstić information content (AvgIpc) is 2.96. The molecule has 1 aromatic heterocycles. The van der Waals surface area contributed by atoms with Crippen LogP contribution in [0.3, 0.4) is 0 Å². The molecule has 3 aromatic rings. The summed E-state index contributed by atoms with van der Waals surface area (Å²) in [7, 11) is 0. The summed E-state index contributed by atoms with van der Waals surface area (Å²) in [6.45, 7) is 8.13. The molecule has 1 saturated heterocycles. The first kappa shape index (κ1) is 31.2. The van der Waals surface area contributed by atoms with Crippen LogP contribution in [0.15, 0.2) is 73.1 Å². The number of anilines is 2. The Bertz CT molecular complexity index is 1430. The predicted molar refractivity (Wildman–Crippen MR) is 165 cm³/mol.